The van der Waals surface area contributed by atoms with Gasteiger partial charge in [0.25, 0.3) is 0 Å². The molecule has 0 radical (unpaired) electrons. The molecular formula is C18H22N4O3. The molecule has 2 heterocycles. The number of ether oxygens (including phenoxy) is 1. The zero-order valence-corrected chi connectivity index (χ0v) is 14.4. The third-order valence-corrected chi connectivity index (χ3v) is 4.28. The summed E-state index contributed by atoms with van der Waals surface area (Å²) in [7, 11) is 1.63. The number of hydrogen-bond donors (Lipinski definition) is 2. The fourth-order valence-corrected chi connectivity index (χ4v) is 2.99. The highest BCUT2D eigenvalue weighted by Gasteiger charge is 2.26. The van der Waals surface area contributed by atoms with Gasteiger partial charge in [-0.25, -0.2) is 9.97 Å². The Balaban J connectivity index is 1.78. The molecule has 0 unspecified atom stereocenters. The number of aryl methyl sites for hydroxylation is 1. The molecule has 0 saturated carbocycles. The number of piperidine rings is 1. The normalized spacial score (nSPS) is 17.2. The molecular weight excluding hydrogens is 320 g/mol. The summed E-state index contributed by atoms with van der Waals surface area (Å²) in [5.74, 6) is 1.79. The highest BCUT2D eigenvalue weighted by Crippen LogP contribution is 2.25. The van der Waals surface area contributed by atoms with Crippen LogP contribution in [0.1, 0.15) is 18.7 Å². The van der Waals surface area contributed by atoms with Gasteiger partial charge in [0.05, 0.1) is 13.0 Å². The summed E-state index contributed by atoms with van der Waals surface area (Å²) in [5, 5.41) is 12.5. The first-order chi connectivity index (χ1) is 12.0. The number of carbonyl (C=O) groups is 1. The van der Waals surface area contributed by atoms with Gasteiger partial charge in [0.15, 0.2) is 0 Å². The van der Waals surface area contributed by atoms with Crippen molar-refractivity contribution in [1.82, 2.24) is 9.97 Å². The molecule has 1 fully saturated rings. The Kier molecular flexibility index (Phi) is 5.02. The van der Waals surface area contributed by atoms with Crippen molar-refractivity contribution < 1.29 is 14.6 Å². The molecule has 25 heavy (non-hydrogen) atoms. The molecule has 7 heteroatoms. The summed E-state index contributed by atoms with van der Waals surface area (Å²) in [5.41, 5.74) is 0.895. The maximum Gasteiger partial charge on any atom is 0.308 e. The predicted octanol–water partition coefficient (Wildman–Crippen LogP) is 2.84. The minimum absolute atomic E-state index is 0.345. The summed E-state index contributed by atoms with van der Waals surface area (Å²) in [6.45, 7) is 3.12. The zero-order valence-electron chi connectivity index (χ0n) is 14.4. The lowest BCUT2D eigenvalue weighted by Gasteiger charge is -2.31. The van der Waals surface area contributed by atoms with E-state index in [2.05, 4.69) is 15.3 Å². The number of carboxylic acid groups (broad SMARTS) is 1. The minimum Gasteiger partial charge on any atom is -0.497 e. The van der Waals surface area contributed by atoms with Gasteiger partial charge in [-0.3, -0.25) is 4.79 Å². The van der Waals surface area contributed by atoms with Crippen LogP contribution in [-0.4, -0.2) is 41.2 Å². The highest BCUT2D eigenvalue weighted by atomic mass is 16.5. The molecule has 2 N–H and O–H groups in total. The summed E-state index contributed by atoms with van der Waals surface area (Å²) >= 11 is 0. The molecule has 0 amide bonds. The van der Waals surface area contributed by atoms with Crippen LogP contribution in [-0.2, 0) is 4.79 Å². The van der Waals surface area contributed by atoms with E-state index < -0.39 is 5.97 Å². The Labute approximate surface area is 146 Å². The van der Waals surface area contributed by atoms with Crippen molar-refractivity contribution in [2.75, 3.05) is 30.4 Å². The fourth-order valence-electron chi connectivity index (χ4n) is 2.99. The molecule has 1 aromatic heterocycles. The van der Waals surface area contributed by atoms with Crippen LogP contribution in [0.4, 0.5) is 17.3 Å². The quantitative estimate of drug-likeness (QED) is 0.864. The second-order valence-corrected chi connectivity index (χ2v) is 6.14. The average Bonchev–Trinajstić information content (AvgIpc) is 2.62. The van der Waals surface area contributed by atoms with Gasteiger partial charge in [0, 0.05) is 24.8 Å². The van der Waals surface area contributed by atoms with Crippen molar-refractivity contribution in [2.24, 2.45) is 5.92 Å². The van der Waals surface area contributed by atoms with Crippen LogP contribution in [0.2, 0.25) is 0 Å². The third-order valence-electron chi connectivity index (χ3n) is 4.28. The van der Waals surface area contributed by atoms with E-state index in [1.165, 1.54) is 0 Å². The standard InChI is InChI=1S/C18H22N4O3/c1-12-19-16(21-14-5-7-15(25-2)8-6-14)10-17(20-12)22-9-3-4-13(11-22)18(23)24/h5-8,10,13H,3-4,9,11H2,1-2H3,(H,23,24)(H,19,20,21)/t13-/m1/s1. The lowest BCUT2D eigenvalue weighted by atomic mass is 9.98. The number of anilines is 3. The van der Waals surface area contributed by atoms with Crippen LogP contribution in [0.5, 0.6) is 5.75 Å². The first-order valence-corrected chi connectivity index (χ1v) is 8.29. The van der Waals surface area contributed by atoms with E-state index in [1.807, 2.05) is 42.2 Å². The Morgan fingerprint density at radius 2 is 2.08 bits per heavy atom. The fraction of sp³-hybridized carbons (Fsp3) is 0.389. The number of hydrogen-bond acceptors (Lipinski definition) is 6. The van der Waals surface area contributed by atoms with Crippen LogP contribution >= 0.6 is 0 Å². The van der Waals surface area contributed by atoms with Crippen molar-refractivity contribution in [2.45, 2.75) is 19.8 Å². The minimum atomic E-state index is -0.743. The number of aromatic nitrogens is 2. The van der Waals surface area contributed by atoms with Crippen LogP contribution < -0.4 is 15.0 Å². The summed E-state index contributed by atoms with van der Waals surface area (Å²) < 4.78 is 5.16. The summed E-state index contributed by atoms with van der Waals surface area (Å²) in [4.78, 5) is 22.2. The van der Waals surface area contributed by atoms with Gasteiger partial charge >= 0.3 is 5.97 Å². The number of rotatable bonds is 5. The van der Waals surface area contributed by atoms with Crippen molar-refractivity contribution in [3.05, 3.63) is 36.2 Å². The van der Waals surface area contributed by atoms with Gasteiger partial charge in [-0.05, 0) is 44.0 Å². The lowest BCUT2D eigenvalue weighted by molar-refractivity contribution is -0.141. The molecule has 0 spiro atoms. The van der Waals surface area contributed by atoms with Crippen LogP contribution in [0, 0.1) is 12.8 Å². The van der Waals surface area contributed by atoms with Gasteiger partial charge in [0.1, 0.15) is 23.2 Å². The van der Waals surface area contributed by atoms with Gasteiger partial charge < -0.3 is 20.1 Å². The van der Waals surface area contributed by atoms with E-state index in [0.29, 0.717) is 24.6 Å². The van der Waals surface area contributed by atoms with E-state index in [9.17, 15) is 9.90 Å². The monoisotopic (exact) mass is 342 g/mol. The second-order valence-electron chi connectivity index (χ2n) is 6.14. The van der Waals surface area contributed by atoms with Crippen molar-refractivity contribution in [1.29, 1.82) is 0 Å². The smallest absolute Gasteiger partial charge is 0.308 e. The van der Waals surface area contributed by atoms with Gasteiger partial charge in [0.2, 0.25) is 0 Å². The molecule has 1 saturated heterocycles. The molecule has 2 aromatic rings. The Bertz CT molecular complexity index is 748. The first kappa shape index (κ1) is 17.0. The maximum atomic E-state index is 11.3. The van der Waals surface area contributed by atoms with E-state index in [1.54, 1.807) is 7.11 Å². The van der Waals surface area contributed by atoms with Crippen LogP contribution in [0.25, 0.3) is 0 Å². The summed E-state index contributed by atoms with van der Waals surface area (Å²) in [6, 6.07) is 9.44. The van der Waals surface area contributed by atoms with E-state index >= 15 is 0 Å². The first-order valence-electron chi connectivity index (χ1n) is 8.29. The predicted molar refractivity (Wildman–Crippen MR) is 95.6 cm³/mol. The number of methoxy groups -OCH3 is 1. The number of nitrogens with zero attached hydrogens (tertiary/aromatic N) is 3. The van der Waals surface area contributed by atoms with Gasteiger partial charge in [-0.2, -0.15) is 0 Å². The van der Waals surface area contributed by atoms with Crippen molar-refractivity contribution in [3.8, 4) is 5.75 Å². The largest absolute Gasteiger partial charge is 0.497 e. The number of benzene rings is 1. The zero-order chi connectivity index (χ0) is 17.8. The number of carboxylic acids is 1. The second kappa shape index (κ2) is 7.38. The van der Waals surface area contributed by atoms with Crippen LogP contribution in [0.15, 0.2) is 30.3 Å². The molecule has 0 bridgehead atoms. The number of aliphatic carboxylic acids is 1. The summed E-state index contributed by atoms with van der Waals surface area (Å²) in [6.07, 6.45) is 1.56. The van der Waals surface area contributed by atoms with E-state index in [0.717, 1.165) is 30.2 Å². The maximum absolute atomic E-state index is 11.3. The Hall–Kier alpha value is -2.83. The number of nitrogens with one attached hydrogen (secondary N) is 1. The molecule has 7 nitrogen and oxygen atoms in total. The molecule has 0 aliphatic carbocycles. The van der Waals surface area contributed by atoms with E-state index in [-0.39, 0.29) is 5.92 Å². The van der Waals surface area contributed by atoms with E-state index in [4.69, 9.17) is 4.74 Å². The molecule has 1 aliphatic heterocycles. The Morgan fingerprint density at radius 3 is 2.76 bits per heavy atom. The van der Waals surface area contributed by atoms with Crippen LogP contribution in [0.3, 0.4) is 0 Å². The molecule has 1 aliphatic rings. The lowest BCUT2D eigenvalue weighted by Crippen LogP contribution is -2.39. The Morgan fingerprint density at radius 1 is 1.32 bits per heavy atom. The van der Waals surface area contributed by atoms with Gasteiger partial charge in [-0.15, -0.1) is 0 Å². The van der Waals surface area contributed by atoms with Crippen molar-refractivity contribution >= 4 is 23.3 Å². The molecule has 132 valence electrons. The molecule has 1 atom stereocenters. The van der Waals surface area contributed by atoms with Gasteiger partial charge in [-0.1, -0.05) is 0 Å². The SMILES string of the molecule is COc1ccc(Nc2cc(N3CCC[C@@H](C(=O)O)C3)nc(C)n2)cc1. The topological polar surface area (TPSA) is 87.6 Å². The average molecular weight is 342 g/mol. The highest BCUT2D eigenvalue weighted by molar-refractivity contribution is 5.71. The third kappa shape index (κ3) is 4.17. The van der Waals surface area contributed by atoms with Crippen molar-refractivity contribution in [3.63, 3.8) is 0 Å². The molecule has 3 rings (SSSR count). The molecule has 1 aromatic carbocycles.